The van der Waals surface area contributed by atoms with Crippen LogP contribution in [0.3, 0.4) is 0 Å². The Balaban J connectivity index is 1.65. The quantitative estimate of drug-likeness (QED) is 0.427. The first-order valence-electron chi connectivity index (χ1n) is 8.75. The van der Waals surface area contributed by atoms with Gasteiger partial charge in [0.05, 0.1) is 11.5 Å². The first kappa shape index (κ1) is 17.7. The van der Waals surface area contributed by atoms with Crippen molar-refractivity contribution in [1.82, 2.24) is 10.2 Å². The van der Waals surface area contributed by atoms with Crippen molar-refractivity contribution in [1.29, 1.82) is 0 Å². The lowest BCUT2D eigenvalue weighted by Gasteiger charge is -2.22. The maximum atomic E-state index is 13.1. The number of nitro groups is 1. The van der Waals surface area contributed by atoms with Gasteiger partial charge >= 0.3 is 6.03 Å². The number of non-ortho nitro benzene ring substituents is 1. The van der Waals surface area contributed by atoms with Gasteiger partial charge in [-0.05, 0) is 34.9 Å². The number of carbonyl (C=O) groups is 2. The minimum atomic E-state index is -1.19. The summed E-state index contributed by atoms with van der Waals surface area (Å²) in [4.78, 5) is 37.2. The Kier molecular flexibility index (Phi) is 4.07. The van der Waals surface area contributed by atoms with Crippen LogP contribution in [0.15, 0.2) is 66.7 Å². The van der Waals surface area contributed by atoms with E-state index in [2.05, 4.69) is 5.32 Å². The molecule has 1 aliphatic rings. The van der Waals surface area contributed by atoms with Crippen LogP contribution >= 0.6 is 0 Å². The van der Waals surface area contributed by atoms with Gasteiger partial charge in [-0.1, -0.05) is 48.5 Å². The van der Waals surface area contributed by atoms with E-state index in [0.29, 0.717) is 11.1 Å². The number of hydrogen-bond donors (Lipinski definition) is 1. The van der Waals surface area contributed by atoms with Gasteiger partial charge in [0.15, 0.2) is 0 Å². The highest BCUT2D eigenvalue weighted by Gasteiger charge is 2.48. The zero-order valence-electron chi connectivity index (χ0n) is 15.1. The molecule has 0 spiro atoms. The van der Waals surface area contributed by atoms with Gasteiger partial charge in [0.25, 0.3) is 11.6 Å². The third-order valence-electron chi connectivity index (χ3n) is 5.06. The highest BCUT2D eigenvalue weighted by Crippen LogP contribution is 2.32. The van der Waals surface area contributed by atoms with E-state index in [4.69, 9.17) is 0 Å². The third-order valence-corrected chi connectivity index (χ3v) is 5.06. The lowest BCUT2D eigenvalue weighted by atomic mass is 9.90. The lowest BCUT2D eigenvalue weighted by Crippen LogP contribution is -2.40. The maximum absolute atomic E-state index is 13.1. The van der Waals surface area contributed by atoms with Crippen molar-refractivity contribution in [3.05, 3.63) is 88.0 Å². The van der Waals surface area contributed by atoms with Crippen molar-refractivity contribution in [2.75, 3.05) is 0 Å². The molecular formula is C21H17N3O4. The minimum Gasteiger partial charge on any atom is -0.319 e. The van der Waals surface area contributed by atoms with Crippen LogP contribution < -0.4 is 5.32 Å². The number of nitro benzene ring substituents is 1. The van der Waals surface area contributed by atoms with Gasteiger partial charge in [-0.2, -0.15) is 0 Å². The summed E-state index contributed by atoms with van der Waals surface area (Å²) in [6.07, 6.45) is 0. The van der Waals surface area contributed by atoms with E-state index in [1.165, 1.54) is 18.2 Å². The number of nitrogens with zero attached hydrogens (tertiary/aromatic N) is 2. The monoisotopic (exact) mass is 375 g/mol. The van der Waals surface area contributed by atoms with Crippen molar-refractivity contribution in [2.24, 2.45) is 0 Å². The van der Waals surface area contributed by atoms with Gasteiger partial charge in [0.1, 0.15) is 5.54 Å². The van der Waals surface area contributed by atoms with Crippen LogP contribution in [0, 0.1) is 10.1 Å². The molecule has 1 atom stereocenters. The van der Waals surface area contributed by atoms with E-state index in [0.717, 1.165) is 15.7 Å². The topological polar surface area (TPSA) is 92.6 Å². The van der Waals surface area contributed by atoms with E-state index in [-0.39, 0.29) is 18.1 Å². The second-order valence-electron chi connectivity index (χ2n) is 6.94. The molecule has 4 rings (SSSR count). The molecule has 3 amide bonds. The van der Waals surface area contributed by atoms with Gasteiger partial charge in [0, 0.05) is 12.1 Å². The normalized spacial score (nSPS) is 19.1. The fraction of sp³-hybridized carbons (Fsp3) is 0.143. The first-order valence-corrected chi connectivity index (χ1v) is 8.75. The van der Waals surface area contributed by atoms with E-state index < -0.39 is 16.5 Å². The number of amides is 3. The van der Waals surface area contributed by atoms with E-state index in [1.54, 1.807) is 13.0 Å². The smallest absolute Gasteiger partial charge is 0.319 e. The number of imide groups is 1. The molecule has 140 valence electrons. The second kappa shape index (κ2) is 6.45. The van der Waals surface area contributed by atoms with Crippen LogP contribution in [-0.4, -0.2) is 21.8 Å². The summed E-state index contributed by atoms with van der Waals surface area (Å²) in [6, 6.07) is 18.8. The molecule has 28 heavy (non-hydrogen) atoms. The molecule has 7 heteroatoms. The molecule has 7 nitrogen and oxygen atoms in total. The largest absolute Gasteiger partial charge is 0.325 e. The predicted octanol–water partition coefficient (Wildman–Crippen LogP) is 3.72. The number of urea groups is 1. The predicted molar refractivity (Wildman–Crippen MR) is 103 cm³/mol. The SMILES string of the molecule is C[C@@]1(c2ccc3ccccc3c2)NC(=O)N(Cc2cccc([N+](=O)[O-])c2)C1=O. The molecule has 0 radical (unpaired) electrons. The summed E-state index contributed by atoms with van der Waals surface area (Å²) >= 11 is 0. The van der Waals surface area contributed by atoms with Crippen LogP contribution in [0.4, 0.5) is 10.5 Å². The number of carbonyl (C=O) groups excluding carboxylic acids is 2. The Bertz CT molecular complexity index is 1130. The molecule has 0 bridgehead atoms. The third kappa shape index (κ3) is 2.87. The van der Waals surface area contributed by atoms with E-state index in [9.17, 15) is 19.7 Å². The second-order valence-corrected chi connectivity index (χ2v) is 6.94. The Morgan fingerprint density at radius 3 is 2.50 bits per heavy atom. The molecule has 1 saturated heterocycles. The van der Waals surface area contributed by atoms with E-state index in [1.807, 2.05) is 42.5 Å². The lowest BCUT2D eigenvalue weighted by molar-refractivity contribution is -0.384. The molecule has 0 saturated carbocycles. The number of nitrogens with one attached hydrogen (secondary N) is 1. The fourth-order valence-electron chi connectivity index (χ4n) is 3.49. The number of hydrogen-bond acceptors (Lipinski definition) is 4. The van der Waals surface area contributed by atoms with Gasteiger partial charge in [-0.3, -0.25) is 19.8 Å². The average Bonchev–Trinajstić information content (AvgIpc) is 2.92. The standard InChI is InChI=1S/C21H17N3O4/c1-21(17-10-9-15-6-2-3-7-16(15)12-17)19(25)23(20(26)22-21)13-14-5-4-8-18(11-14)24(27)28/h2-12H,13H2,1H3,(H,22,26)/t21-/m0/s1. The molecule has 3 aromatic rings. The summed E-state index contributed by atoms with van der Waals surface area (Å²) in [5, 5.41) is 15.7. The molecule has 1 aliphatic heterocycles. The summed E-state index contributed by atoms with van der Waals surface area (Å²) in [5.74, 6) is -0.390. The molecule has 1 fully saturated rings. The summed E-state index contributed by atoms with van der Waals surface area (Å²) < 4.78 is 0. The fourth-order valence-corrected chi connectivity index (χ4v) is 3.49. The van der Waals surface area contributed by atoms with E-state index >= 15 is 0 Å². The minimum absolute atomic E-state index is 0.0322. The number of fused-ring (bicyclic) bond motifs is 1. The molecule has 3 aromatic carbocycles. The Labute approximate surface area is 160 Å². The van der Waals surface area contributed by atoms with Crippen LogP contribution in [0.5, 0.6) is 0 Å². The molecule has 0 aliphatic carbocycles. The zero-order valence-corrected chi connectivity index (χ0v) is 15.1. The Morgan fingerprint density at radius 2 is 1.75 bits per heavy atom. The van der Waals surface area contributed by atoms with Crippen molar-refractivity contribution in [3.8, 4) is 0 Å². The number of rotatable bonds is 4. The van der Waals surface area contributed by atoms with Gasteiger partial charge in [0.2, 0.25) is 0 Å². The van der Waals surface area contributed by atoms with Gasteiger partial charge in [-0.25, -0.2) is 4.79 Å². The highest BCUT2D eigenvalue weighted by atomic mass is 16.6. The van der Waals surface area contributed by atoms with Crippen molar-refractivity contribution >= 4 is 28.4 Å². The highest BCUT2D eigenvalue weighted by molar-refractivity contribution is 6.07. The summed E-state index contributed by atoms with van der Waals surface area (Å²) in [5.41, 5.74) is -0.0737. The molecule has 1 N–H and O–H groups in total. The van der Waals surface area contributed by atoms with Crippen LogP contribution in [-0.2, 0) is 16.9 Å². The van der Waals surface area contributed by atoms with Crippen LogP contribution in [0.25, 0.3) is 10.8 Å². The van der Waals surface area contributed by atoms with Gasteiger partial charge in [-0.15, -0.1) is 0 Å². The maximum Gasteiger partial charge on any atom is 0.325 e. The first-order chi connectivity index (χ1) is 13.4. The van der Waals surface area contributed by atoms with Crippen LogP contribution in [0.1, 0.15) is 18.1 Å². The Morgan fingerprint density at radius 1 is 1.00 bits per heavy atom. The van der Waals surface area contributed by atoms with Gasteiger partial charge < -0.3 is 5.32 Å². The molecular weight excluding hydrogens is 358 g/mol. The van der Waals surface area contributed by atoms with Crippen molar-refractivity contribution in [3.63, 3.8) is 0 Å². The van der Waals surface area contributed by atoms with Crippen LogP contribution in [0.2, 0.25) is 0 Å². The molecule has 0 aromatic heterocycles. The van der Waals surface area contributed by atoms with Crippen molar-refractivity contribution < 1.29 is 14.5 Å². The Hall–Kier alpha value is -3.74. The summed E-state index contributed by atoms with van der Waals surface area (Å²) in [7, 11) is 0. The zero-order chi connectivity index (χ0) is 19.9. The average molecular weight is 375 g/mol. The van der Waals surface area contributed by atoms with Crippen molar-refractivity contribution in [2.45, 2.75) is 19.0 Å². The summed E-state index contributed by atoms with van der Waals surface area (Å²) in [6.45, 7) is 1.64. The molecule has 0 unspecified atom stereocenters. The molecule has 1 heterocycles. The number of benzene rings is 3.